The second kappa shape index (κ2) is 3.84. The van der Waals surface area contributed by atoms with Crippen molar-refractivity contribution in [3.05, 3.63) is 18.2 Å². The SMILES string of the molecule is CC(=O)CNC(=O)c1cncn1C. The van der Waals surface area contributed by atoms with Crippen LogP contribution < -0.4 is 5.32 Å². The minimum absolute atomic E-state index is 0.0595. The standard InChI is InChI=1S/C8H11N3O2/c1-6(12)3-10-8(13)7-4-9-5-11(7)2/h4-5H,3H2,1-2H3,(H,10,13). The van der Waals surface area contributed by atoms with Gasteiger partial charge in [-0.15, -0.1) is 0 Å². The summed E-state index contributed by atoms with van der Waals surface area (Å²) in [6, 6.07) is 0. The Hall–Kier alpha value is -1.65. The van der Waals surface area contributed by atoms with E-state index in [1.54, 1.807) is 11.6 Å². The summed E-state index contributed by atoms with van der Waals surface area (Å²) < 4.78 is 1.59. The van der Waals surface area contributed by atoms with Gasteiger partial charge >= 0.3 is 0 Å². The van der Waals surface area contributed by atoms with Gasteiger partial charge in [0.1, 0.15) is 11.5 Å². The Labute approximate surface area is 75.8 Å². The van der Waals surface area contributed by atoms with Crippen LogP contribution >= 0.6 is 0 Å². The maximum atomic E-state index is 11.3. The third-order valence-electron chi connectivity index (χ3n) is 1.55. The molecule has 1 N–H and O–H groups in total. The van der Waals surface area contributed by atoms with Gasteiger partial charge in [-0.05, 0) is 6.92 Å². The van der Waals surface area contributed by atoms with E-state index in [1.165, 1.54) is 19.4 Å². The number of nitrogens with zero attached hydrogens (tertiary/aromatic N) is 2. The van der Waals surface area contributed by atoms with Crippen LogP contribution in [0.3, 0.4) is 0 Å². The average Bonchev–Trinajstić information content (AvgIpc) is 2.47. The van der Waals surface area contributed by atoms with Crippen LogP contribution in [0.15, 0.2) is 12.5 Å². The predicted molar refractivity (Wildman–Crippen MR) is 46.2 cm³/mol. The number of carbonyl (C=O) groups excluding carboxylic acids is 2. The van der Waals surface area contributed by atoms with E-state index in [2.05, 4.69) is 10.3 Å². The Kier molecular flexibility index (Phi) is 2.79. The zero-order valence-corrected chi connectivity index (χ0v) is 7.57. The van der Waals surface area contributed by atoms with Crippen molar-refractivity contribution >= 4 is 11.7 Å². The molecule has 0 saturated carbocycles. The molecule has 0 aliphatic rings. The number of rotatable bonds is 3. The third kappa shape index (κ3) is 2.40. The summed E-state index contributed by atoms with van der Waals surface area (Å²) in [6.45, 7) is 1.48. The average molecular weight is 181 g/mol. The smallest absolute Gasteiger partial charge is 0.269 e. The molecule has 0 aliphatic heterocycles. The third-order valence-corrected chi connectivity index (χ3v) is 1.55. The van der Waals surface area contributed by atoms with E-state index >= 15 is 0 Å². The molecular formula is C8H11N3O2. The van der Waals surface area contributed by atoms with Gasteiger partial charge < -0.3 is 9.88 Å². The number of aryl methyl sites for hydroxylation is 1. The van der Waals surface area contributed by atoms with Gasteiger partial charge in [0.25, 0.3) is 5.91 Å². The number of aromatic nitrogens is 2. The van der Waals surface area contributed by atoms with Gasteiger partial charge in [0.2, 0.25) is 0 Å². The Balaban J connectivity index is 2.59. The van der Waals surface area contributed by atoms with Crippen molar-refractivity contribution in [2.45, 2.75) is 6.92 Å². The second-order valence-electron chi connectivity index (χ2n) is 2.77. The molecule has 0 unspecified atom stereocenters. The normalized spacial score (nSPS) is 9.69. The molecule has 0 radical (unpaired) electrons. The summed E-state index contributed by atoms with van der Waals surface area (Å²) in [7, 11) is 1.72. The maximum Gasteiger partial charge on any atom is 0.269 e. The maximum absolute atomic E-state index is 11.3. The fourth-order valence-corrected chi connectivity index (χ4v) is 0.871. The highest BCUT2D eigenvalue weighted by Gasteiger charge is 2.08. The van der Waals surface area contributed by atoms with E-state index < -0.39 is 0 Å². The Morgan fingerprint density at radius 2 is 2.31 bits per heavy atom. The molecule has 1 heterocycles. The molecule has 0 aromatic carbocycles. The highest BCUT2D eigenvalue weighted by molar-refractivity contribution is 5.94. The number of carbonyl (C=O) groups is 2. The molecule has 0 spiro atoms. The largest absolute Gasteiger partial charge is 0.344 e. The number of imidazole rings is 1. The van der Waals surface area contributed by atoms with Crippen LogP contribution in [0, 0.1) is 0 Å². The number of Topliss-reactive ketones (excluding diaryl/α,β-unsaturated/α-hetero) is 1. The van der Waals surface area contributed by atoms with Crippen LogP contribution in [0.4, 0.5) is 0 Å². The quantitative estimate of drug-likeness (QED) is 0.698. The minimum atomic E-state index is -0.282. The zero-order chi connectivity index (χ0) is 9.84. The molecule has 13 heavy (non-hydrogen) atoms. The summed E-state index contributed by atoms with van der Waals surface area (Å²) in [4.78, 5) is 25.7. The monoisotopic (exact) mass is 181 g/mol. The van der Waals surface area contributed by atoms with Crippen molar-refractivity contribution in [1.29, 1.82) is 0 Å². The summed E-state index contributed by atoms with van der Waals surface area (Å²) in [5.41, 5.74) is 0.446. The van der Waals surface area contributed by atoms with Crippen molar-refractivity contribution < 1.29 is 9.59 Å². The lowest BCUT2D eigenvalue weighted by molar-refractivity contribution is -0.116. The summed E-state index contributed by atoms with van der Waals surface area (Å²) in [5, 5.41) is 2.48. The molecule has 5 nitrogen and oxygen atoms in total. The molecule has 1 amide bonds. The number of hydrogen-bond acceptors (Lipinski definition) is 3. The molecule has 0 saturated heterocycles. The van der Waals surface area contributed by atoms with Gasteiger partial charge in [-0.3, -0.25) is 9.59 Å². The first-order valence-electron chi connectivity index (χ1n) is 3.85. The lowest BCUT2D eigenvalue weighted by Gasteiger charge is -2.02. The van der Waals surface area contributed by atoms with Crippen LogP contribution in [0.2, 0.25) is 0 Å². The van der Waals surface area contributed by atoms with E-state index in [-0.39, 0.29) is 18.2 Å². The first-order chi connectivity index (χ1) is 6.11. The molecule has 70 valence electrons. The van der Waals surface area contributed by atoms with Crippen LogP contribution in [0.25, 0.3) is 0 Å². The second-order valence-corrected chi connectivity index (χ2v) is 2.77. The van der Waals surface area contributed by atoms with Crippen molar-refractivity contribution in [2.24, 2.45) is 7.05 Å². The topological polar surface area (TPSA) is 64.0 Å². The molecule has 0 fully saturated rings. The van der Waals surface area contributed by atoms with Gasteiger partial charge in [0, 0.05) is 7.05 Å². The lowest BCUT2D eigenvalue weighted by atomic mass is 10.4. The van der Waals surface area contributed by atoms with Crippen molar-refractivity contribution in [2.75, 3.05) is 6.54 Å². The number of hydrogen-bond donors (Lipinski definition) is 1. The van der Waals surface area contributed by atoms with Gasteiger partial charge in [-0.25, -0.2) is 4.98 Å². The summed E-state index contributed by atoms with van der Waals surface area (Å²) >= 11 is 0. The Morgan fingerprint density at radius 1 is 1.62 bits per heavy atom. The van der Waals surface area contributed by atoms with Crippen LogP contribution in [0.1, 0.15) is 17.4 Å². The molecule has 0 bridgehead atoms. The van der Waals surface area contributed by atoms with Gasteiger partial charge in [0.05, 0.1) is 19.1 Å². The number of nitrogens with one attached hydrogen (secondary N) is 1. The first-order valence-corrected chi connectivity index (χ1v) is 3.85. The van der Waals surface area contributed by atoms with Crippen molar-refractivity contribution in [1.82, 2.24) is 14.9 Å². The van der Waals surface area contributed by atoms with Gasteiger partial charge in [0.15, 0.2) is 0 Å². The molecule has 0 atom stereocenters. The van der Waals surface area contributed by atoms with Crippen LogP contribution in [-0.4, -0.2) is 27.8 Å². The van der Waals surface area contributed by atoms with Crippen LogP contribution in [0.5, 0.6) is 0 Å². The Bertz CT molecular complexity index is 330. The molecule has 1 aromatic rings. The van der Waals surface area contributed by atoms with E-state index in [1.807, 2.05) is 0 Å². The predicted octanol–water partition coefficient (Wildman–Crippen LogP) is -0.261. The molecule has 5 heteroatoms. The zero-order valence-electron chi connectivity index (χ0n) is 7.57. The van der Waals surface area contributed by atoms with Gasteiger partial charge in [-0.2, -0.15) is 0 Å². The minimum Gasteiger partial charge on any atom is -0.344 e. The number of amides is 1. The number of ketones is 1. The van der Waals surface area contributed by atoms with E-state index in [9.17, 15) is 9.59 Å². The van der Waals surface area contributed by atoms with E-state index in [0.29, 0.717) is 5.69 Å². The summed E-state index contributed by atoms with van der Waals surface area (Å²) in [5.74, 6) is -0.356. The first kappa shape index (κ1) is 9.44. The highest BCUT2D eigenvalue weighted by Crippen LogP contribution is 1.94. The lowest BCUT2D eigenvalue weighted by Crippen LogP contribution is -2.29. The summed E-state index contributed by atoms with van der Waals surface area (Å²) in [6.07, 6.45) is 2.98. The molecule has 1 rings (SSSR count). The molecule has 0 aliphatic carbocycles. The van der Waals surface area contributed by atoms with Crippen LogP contribution in [-0.2, 0) is 11.8 Å². The van der Waals surface area contributed by atoms with Gasteiger partial charge in [-0.1, -0.05) is 0 Å². The van der Waals surface area contributed by atoms with Crippen molar-refractivity contribution in [3.8, 4) is 0 Å². The molecular weight excluding hydrogens is 170 g/mol. The highest BCUT2D eigenvalue weighted by atomic mass is 16.2. The fourth-order valence-electron chi connectivity index (χ4n) is 0.871. The molecule has 1 aromatic heterocycles. The van der Waals surface area contributed by atoms with E-state index in [4.69, 9.17) is 0 Å². The Morgan fingerprint density at radius 3 is 2.77 bits per heavy atom. The van der Waals surface area contributed by atoms with Crippen molar-refractivity contribution in [3.63, 3.8) is 0 Å². The fraction of sp³-hybridized carbons (Fsp3) is 0.375. The van der Waals surface area contributed by atoms with E-state index in [0.717, 1.165) is 0 Å².